The Bertz CT molecular complexity index is 783. The number of nitrogens with two attached hydrogens (primary N) is 1. The molecule has 2 heterocycles. The summed E-state index contributed by atoms with van der Waals surface area (Å²) in [4.78, 5) is 0. The van der Waals surface area contributed by atoms with E-state index in [1.54, 1.807) is 6.07 Å². The van der Waals surface area contributed by atoms with Crippen molar-refractivity contribution in [2.24, 2.45) is 17.6 Å². The van der Waals surface area contributed by atoms with Crippen molar-refractivity contribution >= 4 is 0 Å². The van der Waals surface area contributed by atoms with Crippen LogP contribution in [0.15, 0.2) is 35.7 Å². The average molecular weight is 366 g/mol. The van der Waals surface area contributed by atoms with Gasteiger partial charge in [0.15, 0.2) is 6.23 Å². The second-order valence-electron chi connectivity index (χ2n) is 7.09. The van der Waals surface area contributed by atoms with Crippen LogP contribution in [0.2, 0.25) is 0 Å². The second kappa shape index (κ2) is 6.18. The van der Waals surface area contributed by atoms with E-state index in [1.807, 2.05) is 20.8 Å². The maximum atomic E-state index is 13.3. The Kier molecular flexibility index (Phi) is 4.41. The Labute approximate surface area is 150 Å². The molecule has 5 nitrogen and oxygen atoms in total. The number of hydrazine groups is 1. The first-order valence-electron chi connectivity index (χ1n) is 8.39. The summed E-state index contributed by atoms with van der Waals surface area (Å²) in [6.45, 7) is 5.68. The van der Waals surface area contributed by atoms with Crippen molar-refractivity contribution in [3.63, 3.8) is 0 Å². The summed E-state index contributed by atoms with van der Waals surface area (Å²) in [5, 5.41) is 9.81. The van der Waals surface area contributed by atoms with Crippen molar-refractivity contribution in [3.05, 3.63) is 46.8 Å². The Morgan fingerprint density at radius 2 is 2.00 bits per heavy atom. The van der Waals surface area contributed by atoms with Gasteiger partial charge in [0.05, 0.1) is 5.56 Å². The van der Waals surface area contributed by atoms with Crippen LogP contribution in [0, 0.1) is 23.2 Å². The fourth-order valence-corrected chi connectivity index (χ4v) is 4.40. The van der Waals surface area contributed by atoms with E-state index >= 15 is 0 Å². The van der Waals surface area contributed by atoms with Gasteiger partial charge in [0, 0.05) is 17.4 Å². The van der Waals surface area contributed by atoms with Gasteiger partial charge in [0.25, 0.3) is 0 Å². The van der Waals surface area contributed by atoms with Gasteiger partial charge in [-0.1, -0.05) is 32.0 Å². The summed E-state index contributed by atoms with van der Waals surface area (Å²) >= 11 is 0. The summed E-state index contributed by atoms with van der Waals surface area (Å²) in [6, 6.07) is 7.12. The summed E-state index contributed by atoms with van der Waals surface area (Å²) in [5.41, 5.74) is 10.9. The lowest BCUT2D eigenvalue weighted by Gasteiger charge is -2.48. The van der Waals surface area contributed by atoms with Gasteiger partial charge in [-0.2, -0.15) is 18.4 Å². The number of rotatable bonds is 2. The molecule has 2 aliphatic rings. The van der Waals surface area contributed by atoms with Crippen molar-refractivity contribution < 1.29 is 17.9 Å². The SMILES string of the molecule is CC1NNC2OC(N)=C(C#N)[C@@](c3cccc(C(F)(F)F)c3)(C(C)C)C12. The van der Waals surface area contributed by atoms with Crippen LogP contribution in [0.4, 0.5) is 13.2 Å². The molecule has 0 aliphatic carbocycles. The van der Waals surface area contributed by atoms with Crippen molar-refractivity contribution in [3.8, 4) is 6.07 Å². The van der Waals surface area contributed by atoms with Crippen LogP contribution < -0.4 is 16.6 Å². The molecule has 0 aromatic heterocycles. The molecule has 1 aromatic carbocycles. The molecule has 1 fully saturated rings. The number of nitrogens with zero attached hydrogens (tertiary/aromatic N) is 1. The first kappa shape index (κ1) is 18.5. The molecule has 0 amide bonds. The highest BCUT2D eigenvalue weighted by Crippen LogP contribution is 2.53. The minimum absolute atomic E-state index is 0.0525. The lowest BCUT2D eigenvalue weighted by Crippen LogP contribution is -2.54. The van der Waals surface area contributed by atoms with Crippen LogP contribution >= 0.6 is 0 Å². The normalized spacial score (nSPS) is 31.5. The van der Waals surface area contributed by atoms with Gasteiger partial charge in [-0.3, -0.25) is 5.43 Å². The number of ether oxygens (including phenoxy) is 1. The monoisotopic (exact) mass is 366 g/mol. The molecule has 0 radical (unpaired) electrons. The molecule has 4 atom stereocenters. The third-order valence-corrected chi connectivity index (χ3v) is 5.45. The van der Waals surface area contributed by atoms with E-state index < -0.39 is 23.4 Å². The maximum absolute atomic E-state index is 13.3. The number of alkyl halides is 3. The standard InChI is InChI=1S/C18H21F3N4O/c1-9(2)17(11-5-4-6-12(7-11)18(19,20)21)13(8-22)15(23)26-16-14(17)10(3)24-25-16/h4-7,9-10,14,16,24-25H,23H2,1-3H3/t10?,14?,16?,17-/m0/s1. The molecule has 3 rings (SSSR count). The van der Waals surface area contributed by atoms with Crippen molar-refractivity contribution in [1.82, 2.24) is 10.9 Å². The maximum Gasteiger partial charge on any atom is 0.416 e. The number of nitriles is 1. The Hall–Kier alpha value is -2.24. The number of benzene rings is 1. The zero-order valence-electron chi connectivity index (χ0n) is 14.7. The van der Waals surface area contributed by atoms with Crippen molar-refractivity contribution in [2.75, 3.05) is 0 Å². The van der Waals surface area contributed by atoms with Crippen LogP contribution in [0.25, 0.3) is 0 Å². The predicted octanol–water partition coefficient (Wildman–Crippen LogP) is 2.76. The zero-order chi connectivity index (χ0) is 19.3. The number of hydrogen-bond donors (Lipinski definition) is 3. The van der Waals surface area contributed by atoms with Gasteiger partial charge in [-0.05, 0) is 24.5 Å². The van der Waals surface area contributed by atoms with E-state index in [2.05, 4.69) is 16.9 Å². The molecule has 4 N–H and O–H groups in total. The van der Waals surface area contributed by atoms with Crippen LogP contribution in [-0.4, -0.2) is 12.3 Å². The summed E-state index contributed by atoms with van der Waals surface area (Å²) in [5.74, 6) is -0.559. The molecule has 1 saturated heterocycles. The second-order valence-corrected chi connectivity index (χ2v) is 7.09. The third-order valence-electron chi connectivity index (χ3n) is 5.45. The topological polar surface area (TPSA) is 83.1 Å². The number of nitrogens with one attached hydrogen (secondary N) is 2. The molecule has 140 valence electrons. The molecule has 0 spiro atoms. The summed E-state index contributed by atoms with van der Waals surface area (Å²) in [6.07, 6.45) is -5.02. The van der Waals surface area contributed by atoms with Gasteiger partial charge in [0.2, 0.25) is 5.88 Å². The van der Waals surface area contributed by atoms with Gasteiger partial charge in [0.1, 0.15) is 11.6 Å². The number of hydrogen-bond acceptors (Lipinski definition) is 5. The van der Waals surface area contributed by atoms with Crippen LogP contribution in [0.1, 0.15) is 31.9 Å². The molecule has 3 unspecified atom stereocenters. The van der Waals surface area contributed by atoms with Crippen LogP contribution in [-0.2, 0) is 16.3 Å². The average Bonchev–Trinajstić information content (AvgIpc) is 2.93. The zero-order valence-corrected chi connectivity index (χ0v) is 14.7. The van der Waals surface area contributed by atoms with E-state index in [0.29, 0.717) is 5.56 Å². The molecule has 26 heavy (non-hydrogen) atoms. The molecule has 8 heteroatoms. The number of allylic oxidation sites excluding steroid dienone is 1. The minimum atomic E-state index is -4.47. The minimum Gasteiger partial charge on any atom is -0.458 e. The summed E-state index contributed by atoms with van der Waals surface area (Å²) < 4.78 is 45.6. The van der Waals surface area contributed by atoms with Gasteiger partial charge in [-0.25, -0.2) is 5.43 Å². The fourth-order valence-electron chi connectivity index (χ4n) is 4.40. The Morgan fingerprint density at radius 3 is 2.58 bits per heavy atom. The fraction of sp³-hybridized carbons (Fsp3) is 0.500. The highest BCUT2D eigenvalue weighted by atomic mass is 19.4. The molecule has 0 saturated carbocycles. The molecule has 0 bridgehead atoms. The predicted molar refractivity (Wildman–Crippen MR) is 88.9 cm³/mol. The van der Waals surface area contributed by atoms with E-state index in [-0.39, 0.29) is 29.3 Å². The van der Waals surface area contributed by atoms with E-state index in [4.69, 9.17) is 10.5 Å². The summed E-state index contributed by atoms with van der Waals surface area (Å²) in [7, 11) is 0. The van der Waals surface area contributed by atoms with Gasteiger partial charge >= 0.3 is 6.18 Å². The first-order chi connectivity index (χ1) is 12.1. The Morgan fingerprint density at radius 1 is 1.31 bits per heavy atom. The van der Waals surface area contributed by atoms with E-state index in [9.17, 15) is 18.4 Å². The van der Waals surface area contributed by atoms with E-state index in [0.717, 1.165) is 12.1 Å². The van der Waals surface area contributed by atoms with Crippen molar-refractivity contribution in [1.29, 1.82) is 5.26 Å². The Balaban J connectivity index is 2.32. The first-order valence-corrected chi connectivity index (χ1v) is 8.39. The van der Waals surface area contributed by atoms with E-state index in [1.165, 1.54) is 6.07 Å². The molecular formula is C18H21F3N4O. The van der Waals surface area contributed by atoms with Crippen molar-refractivity contribution in [2.45, 2.75) is 44.6 Å². The third kappa shape index (κ3) is 2.54. The smallest absolute Gasteiger partial charge is 0.416 e. The highest BCUT2D eigenvalue weighted by Gasteiger charge is 2.59. The van der Waals surface area contributed by atoms with Gasteiger partial charge < -0.3 is 10.5 Å². The van der Waals surface area contributed by atoms with Gasteiger partial charge in [-0.15, -0.1) is 0 Å². The lowest BCUT2D eigenvalue weighted by atomic mass is 9.56. The largest absolute Gasteiger partial charge is 0.458 e. The molecule has 2 aliphatic heterocycles. The quantitative estimate of drug-likeness (QED) is 0.750. The van der Waals surface area contributed by atoms with Crippen LogP contribution in [0.3, 0.4) is 0 Å². The molecule has 1 aromatic rings. The highest BCUT2D eigenvalue weighted by molar-refractivity contribution is 5.50. The lowest BCUT2D eigenvalue weighted by molar-refractivity contribution is -0.137. The number of halogens is 3. The molecular weight excluding hydrogens is 345 g/mol. The number of fused-ring (bicyclic) bond motifs is 1. The van der Waals surface area contributed by atoms with Crippen LogP contribution in [0.5, 0.6) is 0 Å².